The van der Waals surface area contributed by atoms with Gasteiger partial charge in [0.1, 0.15) is 0 Å². The second-order valence-corrected chi connectivity index (χ2v) is 5.93. The van der Waals surface area contributed by atoms with E-state index < -0.39 is 0 Å². The lowest BCUT2D eigenvalue weighted by Crippen LogP contribution is -2.24. The summed E-state index contributed by atoms with van der Waals surface area (Å²) in [7, 11) is 1.52. The number of anilines is 1. The average molecular weight is 288 g/mol. The van der Waals surface area contributed by atoms with Crippen LogP contribution >= 0.6 is 0 Å². The van der Waals surface area contributed by atoms with E-state index in [1.807, 2.05) is 6.07 Å². The zero-order valence-electron chi connectivity index (χ0n) is 13.3. The summed E-state index contributed by atoms with van der Waals surface area (Å²) < 4.78 is 0. The van der Waals surface area contributed by atoms with E-state index in [-0.39, 0.29) is 11.8 Å². The lowest BCUT2D eigenvalue weighted by molar-refractivity contribution is 0.0693. The van der Waals surface area contributed by atoms with Crippen LogP contribution < -0.4 is 5.32 Å². The molecule has 0 aliphatic carbocycles. The van der Waals surface area contributed by atoms with Crippen molar-refractivity contribution in [3.63, 3.8) is 0 Å². The van der Waals surface area contributed by atoms with Crippen molar-refractivity contribution in [1.82, 2.24) is 4.90 Å². The van der Waals surface area contributed by atoms with E-state index in [4.69, 9.17) is 0 Å². The third kappa shape index (κ3) is 3.09. The molecular weight excluding hydrogens is 264 g/mol. The first-order valence-corrected chi connectivity index (χ1v) is 7.70. The summed E-state index contributed by atoms with van der Waals surface area (Å²) >= 11 is 0. The Morgan fingerprint density at radius 3 is 2.38 bits per heavy atom. The number of amides is 2. The summed E-state index contributed by atoms with van der Waals surface area (Å²) in [5.74, 6) is 0.244. The van der Waals surface area contributed by atoms with Crippen LogP contribution in [0.4, 0.5) is 5.69 Å². The fraction of sp³-hybridized carbons (Fsp3) is 0.529. The third-order valence-electron chi connectivity index (χ3n) is 4.34. The molecule has 0 bridgehead atoms. The molecule has 0 radical (unpaired) electrons. The molecule has 2 unspecified atom stereocenters. The van der Waals surface area contributed by atoms with Gasteiger partial charge >= 0.3 is 0 Å². The van der Waals surface area contributed by atoms with Crippen molar-refractivity contribution in [1.29, 1.82) is 0 Å². The molecule has 2 amide bonds. The highest BCUT2D eigenvalue weighted by atomic mass is 16.2. The van der Waals surface area contributed by atoms with Gasteiger partial charge in [-0.05, 0) is 37.0 Å². The molecule has 0 saturated carbocycles. The van der Waals surface area contributed by atoms with E-state index in [0.717, 1.165) is 18.5 Å². The van der Waals surface area contributed by atoms with Crippen molar-refractivity contribution in [3.05, 3.63) is 29.3 Å². The molecule has 1 N–H and O–H groups in total. The minimum atomic E-state index is -0.215. The van der Waals surface area contributed by atoms with Crippen molar-refractivity contribution in [2.75, 3.05) is 12.4 Å². The van der Waals surface area contributed by atoms with Gasteiger partial charge < -0.3 is 5.32 Å². The van der Waals surface area contributed by atoms with Crippen LogP contribution in [0.25, 0.3) is 0 Å². The van der Waals surface area contributed by atoms with Gasteiger partial charge in [0.05, 0.1) is 11.1 Å². The Hall–Kier alpha value is -1.84. The molecule has 2 rings (SSSR count). The van der Waals surface area contributed by atoms with E-state index in [2.05, 4.69) is 26.1 Å². The number of benzene rings is 1. The van der Waals surface area contributed by atoms with Crippen LogP contribution in [0.5, 0.6) is 0 Å². The number of hydrogen-bond donors (Lipinski definition) is 1. The summed E-state index contributed by atoms with van der Waals surface area (Å²) in [6, 6.07) is 5.83. The molecular formula is C17H24N2O2. The maximum absolute atomic E-state index is 12.0. The third-order valence-corrected chi connectivity index (χ3v) is 4.34. The first kappa shape index (κ1) is 15.5. The zero-order chi connectivity index (χ0) is 15.6. The van der Waals surface area contributed by atoms with E-state index in [1.54, 1.807) is 12.1 Å². The highest BCUT2D eigenvalue weighted by Crippen LogP contribution is 2.26. The Balaban J connectivity index is 2.16. The van der Waals surface area contributed by atoms with Crippen LogP contribution in [-0.4, -0.2) is 29.8 Å². The normalized spacial score (nSPS) is 16.9. The molecule has 0 aromatic heterocycles. The second-order valence-electron chi connectivity index (χ2n) is 5.93. The lowest BCUT2D eigenvalue weighted by Gasteiger charge is -2.21. The monoisotopic (exact) mass is 288 g/mol. The molecule has 1 heterocycles. The van der Waals surface area contributed by atoms with Gasteiger partial charge in [0.25, 0.3) is 11.8 Å². The van der Waals surface area contributed by atoms with Crippen molar-refractivity contribution in [3.8, 4) is 0 Å². The Morgan fingerprint density at radius 2 is 1.76 bits per heavy atom. The van der Waals surface area contributed by atoms with E-state index >= 15 is 0 Å². The largest absolute Gasteiger partial charge is 0.382 e. The molecule has 0 saturated heterocycles. The maximum Gasteiger partial charge on any atom is 0.261 e. The molecule has 114 valence electrons. The van der Waals surface area contributed by atoms with Crippen LogP contribution in [0.15, 0.2) is 18.2 Å². The summed E-state index contributed by atoms with van der Waals surface area (Å²) in [6.07, 6.45) is 3.31. The SMILES string of the molecule is CCC(C)CC(CC)Nc1ccc2c(c1)C(=O)N(C)C2=O. The molecule has 1 aliphatic rings. The standard InChI is InChI=1S/C17H24N2O2/c1-5-11(3)9-12(6-2)18-13-7-8-14-15(10-13)17(21)19(4)16(14)20/h7-8,10-12,18H,5-6,9H2,1-4H3. The predicted molar refractivity (Wildman–Crippen MR) is 84.6 cm³/mol. The van der Waals surface area contributed by atoms with Crippen molar-refractivity contribution in [2.45, 2.75) is 46.1 Å². The van der Waals surface area contributed by atoms with Crippen molar-refractivity contribution in [2.24, 2.45) is 5.92 Å². The van der Waals surface area contributed by atoms with Gasteiger partial charge in [-0.1, -0.05) is 27.2 Å². The van der Waals surface area contributed by atoms with E-state index in [0.29, 0.717) is 23.1 Å². The molecule has 2 atom stereocenters. The van der Waals surface area contributed by atoms with Gasteiger partial charge in [-0.3, -0.25) is 14.5 Å². The van der Waals surface area contributed by atoms with Gasteiger partial charge in [-0.25, -0.2) is 0 Å². The number of nitrogens with one attached hydrogen (secondary N) is 1. The van der Waals surface area contributed by atoms with Crippen LogP contribution in [-0.2, 0) is 0 Å². The molecule has 1 aliphatic heterocycles. The first-order valence-electron chi connectivity index (χ1n) is 7.70. The van der Waals surface area contributed by atoms with E-state index in [1.165, 1.54) is 18.4 Å². The summed E-state index contributed by atoms with van der Waals surface area (Å²) in [5, 5.41) is 3.49. The Kier molecular flexibility index (Phi) is 4.66. The van der Waals surface area contributed by atoms with Crippen molar-refractivity contribution >= 4 is 17.5 Å². The topological polar surface area (TPSA) is 49.4 Å². The maximum atomic E-state index is 12.0. The summed E-state index contributed by atoms with van der Waals surface area (Å²) in [4.78, 5) is 25.1. The minimum Gasteiger partial charge on any atom is -0.382 e. The minimum absolute atomic E-state index is 0.214. The predicted octanol–water partition coefficient (Wildman–Crippen LogP) is 3.54. The number of carbonyl (C=O) groups is 2. The molecule has 4 nitrogen and oxygen atoms in total. The number of hydrogen-bond acceptors (Lipinski definition) is 3. The zero-order valence-corrected chi connectivity index (χ0v) is 13.3. The molecule has 1 aromatic rings. The molecule has 0 fully saturated rings. The smallest absolute Gasteiger partial charge is 0.261 e. The highest BCUT2D eigenvalue weighted by Gasteiger charge is 2.32. The molecule has 4 heteroatoms. The Morgan fingerprint density at radius 1 is 1.10 bits per heavy atom. The quantitative estimate of drug-likeness (QED) is 0.815. The second kappa shape index (κ2) is 6.29. The average Bonchev–Trinajstić information content (AvgIpc) is 2.71. The van der Waals surface area contributed by atoms with Gasteiger partial charge in [-0.15, -0.1) is 0 Å². The fourth-order valence-electron chi connectivity index (χ4n) is 2.67. The number of rotatable bonds is 6. The molecule has 21 heavy (non-hydrogen) atoms. The highest BCUT2D eigenvalue weighted by molar-refractivity contribution is 6.21. The fourth-order valence-corrected chi connectivity index (χ4v) is 2.67. The van der Waals surface area contributed by atoms with Crippen molar-refractivity contribution < 1.29 is 9.59 Å². The van der Waals surface area contributed by atoms with Gasteiger partial charge in [-0.2, -0.15) is 0 Å². The number of imide groups is 1. The van der Waals surface area contributed by atoms with Gasteiger partial charge in [0.15, 0.2) is 0 Å². The van der Waals surface area contributed by atoms with Crippen LogP contribution in [0, 0.1) is 5.92 Å². The van der Waals surface area contributed by atoms with Crippen LogP contribution in [0.1, 0.15) is 60.7 Å². The first-order chi connectivity index (χ1) is 9.97. The summed E-state index contributed by atoms with van der Waals surface area (Å²) in [5.41, 5.74) is 1.93. The van der Waals surface area contributed by atoms with Crippen LogP contribution in [0.2, 0.25) is 0 Å². The Bertz CT molecular complexity index is 554. The number of carbonyl (C=O) groups excluding carboxylic acids is 2. The van der Waals surface area contributed by atoms with Gasteiger partial charge in [0.2, 0.25) is 0 Å². The van der Waals surface area contributed by atoms with Crippen LogP contribution in [0.3, 0.4) is 0 Å². The van der Waals surface area contributed by atoms with Gasteiger partial charge in [0, 0.05) is 18.8 Å². The number of nitrogens with zero attached hydrogens (tertiary/aromatic N) is 1. The molecule has 0 spiro atoms. The summed E-state index contributed by atoms with van der Waals surface area (Å²) in [6.45, 7) is 6.62. The molecule has 1 aromatic carbocycles. The van der Waals surface area contributed by atoms with E-state index in [9.17, 15) is 9.59 Å². The number of fused-ring (bicyclic) bond motifs is 1. The Labute approximate surface area is 126 Å². The lowest BCUT2D eigenvalue weighted by atomic mass is 9.97.